The molecule has 0 aliphatic rings. The van der Waals surface area contributed by atoms with Crippen LogP contribution >= 0.6 is 0 Å². The zero-order valence-electron chi connectivity index (χ0n) is 8.79. The maximum absolute atomic E-state index is 2.29. The Bertz CT molecular complexity index is 209. The lowest BCUT2D eigenvalue weighted by molar-refractivity contribution is 0.456. The van der Waals surface area contributed by atoms with E-state index >= 15 is 0 Å². The topological polar surface area (TPSA) is 0 Å². The van der Waals surface area contributed by atoms with Gasteiger partial charge in [-0.2, -0.15) is 0 Å². The molecule has 0 heterocycles. The summed E-state index contributed by atoms with van der Waals surface area (Å²) in [6.45, 7) is 4.58. The molecule has 0 aliphatic carbocycles. The van der Waals surface area contributed by atoms with Gasteiger partial charge in [-0.3, -0.25) is 0 Å². The Hall–Kier alpha value is -0.780. The number of rotatable bonds is 5. The molecule has 14 heavy (non-hydrogen) atoms. The molecule has 0 heteroatoms. The van der Waals surface area contributed by atoms with Crippen LogP contribution in [0.3, 0.4) is 0 Å². The standard InChI is InChI=1S/C13H20.CH4/c1-3-12(4-2)10-11-13-8-6-5-7-9-13;/h5-9,12H,3-4,10-11H2,1-2H3;1H4. The van der Waals surface area contributed by atoms with Gasteiger partial charge in [0.1, 0.15) is 0 Å². The van der Waals surface area contributed by atoms with Crippen LogP contribution < -0.4 is 0 Å². The summed E-state index contributed by atoms with van der Waals surface area (Å²) in [7, 11) is 0. The summed E-state index contributed by atoms with van der Waals surface area (Å²) in [5, 5.41) is 0. The predicted molar refractivity (Wildman–Crippen MR) is 65.6 cm³/mol. The molecule has 0 saturated carbocycles. The minimum atomic E-state index is 0. The first kappa shape index (κ1) is 13.2. The summed E-state index contributed by atoms with van der Waals surface area (Å²) >= 11 is 0. The summed E-state index contributed by atoms with van der Waals surface area (Å²) in [6, 6.07) is 10.8. The third-order valence-corrected chi connectivity index (χ3v) is 2.84. The zero-order valence-corrected chi connectivity index (χ0v) is 8.79. The van der Waals surface area contributed by atoms with E-state index in [2.05, 4.69) is 44.2 Å². The molecule has 1 aromatic rings. The van der Waals surface area contributed by atoms with Crippen LogP contribution in [-0.2, 0) is 6.42 Å². The van der Waals surface area contributed by atoms with Gasteiger partial charge in [0.15, 0.2) is 0 Å². The zero-order chi connectivity index (χ0) is 9.52. The number of aryl methyl sites for hydroxylation is 1. The minimum absolute atomic E-state index is 0. The van der Waals surface area contributed by atoms with Gasteiger partial charge >= 0.3 is 0 Å². The quantitative estimate of drug-likeness (QED) is 0.635. The molecule has 0 aromatic heterocycles. The lowest BCUT2D eigenvalue weighted by atomic mass is 9.95. The van der Waals surface area contributed by atoms with Gasteiger partial charge in [-0.25, -0.2) is 0 Å². The van der Waals surface area contributed by atoms with Crippen LogP contribution in [0, 0.1) is 5.92 Å². The fourth-order valence-electron chi connectivity index (χ4n) is 1.71. The molecule has 1 rings (SSSR count). The van der Waals surface area contributed by atoms with Gasteiger partial charge < -0.3 is 0 Å². The third kappa shape index (κ3) is 4.45. The Balaban J connectivity index is 0.00000169. The molecular weight excluding hydrogens is 168 g/mol. The lowest BCUT2D eigenvalue weighted by Crippen LogP contribution is -1.98. The van der Waals surface area contributed by atoms with Crippen LogP contribution in [0.4, 0.5) is 0 Å². The smallest absolute Gasteiger partial charge is 0.0276 e. The van der Waals surface area contributed by atoms with Crippen molar-refractivity contribution in [3.63, 3.8) is 0 Å². The molecule has 0 radical (unpaired) electrons. The Kier molecular flexibility index (Phi) is 7.18. The van der Waals surface area contributed by atoms with Crippen LogP contribution in [0.5, 0.6) is 0 Å². The van der Waals surface area contributed by atoms with Crippen molar-refractivity contribution >= 4 is 0 Å². The number of benzene rings is 1. The molecule has 0 fully saturated rings. The maximum Gasteiger partial charge on any atom is -0.0276 e. The first-order valence-corrected chi connectivity index (χ1v) is 5.40. The third-order valence-electron chi connectivity index (χ3n) is 2.84. The van der Waals surface area contributed by atoms with Gasteiger partial charge in [-0.05, 0) is 24.3 Å². The van der Waals surface area contributed by atoms with Gasteiger partial charge in [0.25, 0.3) is 0 Å². The maximum atomic E-state index is 2.29. The van der Waals surface area contributed by atoms with Crippen molar-refractivity contribution in [2.24, 2.45) is 5.92 Å². The van der Waals surface area contributed by atoms with Gasteiger partial charge in [-0.1, -0.05) is 64.4 Å². The summed E-state index contributed by atoms with van der Waals surface area (Å²) in [6.07, 6.45) is 5.23. The molecule has 0 atom stereocenters. The van der Waals surface area contributed by atoms with Gasteiger partial charge in [0, 0.05) is 0 Å². The summed E-state index contributed by atoms with van der Waals surface area (Å²) in [5.74, 6) is 0.917. The summed E-state index contributed by atoms with van der Waals surface area (Å²) < 4.78 is 0. The van der Waals surface area contributed by atoms with E-state index in [1.54, 1.807) is 0 Å². The molecule has 0 aliphatic heterocycles. The Morgan fingerprint density at radius 3 is 2.07 bits per heavy atom. The molecule has 0 bridgehead atoms. The van der Waals surface area contributed by atoms with Crippen molar-refractivity contribution < 1.29 is 0 Å². The number of hydrogen-bond donors (Lipinski definition) is 0. The molecule has 0 amide bonds. The lowest BCUT2D eigenvalue weighted by Gasteiger charge is -2.11. The van der Waals surface area contributed by atoms with E-state index in [0.29, 0.717) is 0 Å². The van der Waals surface area contributed by atoms with Crippen LogP contribution in [0.2, 0.25) is 0 Å². The first-order chi connectivity index (χ1) is 6.36. The van der Waals surface area contributed by atoms with Crippen molar-refractivity contribution in [1.82, 2.24) is 0 Å². The highest BCUT2D eigenvalue weighted by Gasteiger charge is 2.02. The summed E-state index contributed by atoms with van der Waals surface area (Å²) in [5.41, 5.74) is 1.48. The van der Waals surface area contributed by atoms with Crippen LogP contribution in [0.25, 0.3) is 0 Å². The van der Waals surface area contributed by atoms with E-state index in [1.165, 1.54) is 31.2 Å². The van der Waals surface area contributed by atoms with Gasteiger partial charge in [0.05, 0.1) is 0 Å². The average molecular weight is 192 g/mol. The second-order valence-corrected chi connectivity index (χ2v) is 3.71. The molecule has 0 spiro atoms. The minimum Gasteiger partial charge on any atom is -0.0776 e. The number of hydrogen-bond acceptors (Lipinski definition) is 0. The van der Waals surface area contributed by atoms with E-state index < -0.39 is 0 Å². The van der Waals surface area contributed by atoms with Crippen LogP contribution in [0.15, 0.2) is 30.3 Å². The molecule has 0 unspecified atom stereocenters. The highest BCUT2D eigenvalue weighted by Crippen LogP contribution is 2.15. The molecular formula is C14H24. The van der Waals surface area contributed by atoms with E-state index in [9.17, 15) is 0 Å². The molecule has 80 valence electrons. The van der Waals surface area contributed by atoms with Crippen molar-refractivity contribution in [1.29, 1.82) is 0 Å². The normalized spacial score (nSPS) is 9.93. The molecule has 0 nitrogen and oxygen atoms in total. The Morgan fingerprint density at radius 2 is 1.57 bits per heavy atom. The monoisotopic (exact) mass is 192 g/mol. The second-order valence-electron chi connectivity index (χ2n) is 3.71. The van der Waals surface area contributed by atoms with E-state index in [-0.39, 0.29) is 7.43 Å². The van der Waals surface area contributed by atoms with Crippen molar-refractivity contribution in [3.05, 3.63) is 35.9 Å². The van der Waals surface area contributed by atoms with E-state index in [4.69, 9.17) is 0 Å². The molecule has 0 N–H and O–H groups in total. The predicted octanol–water partition coefficient (Wildman–Crippen LogP) is 4.69. The van der Waals surface area contributed by atoms with Crippen molar-refractivity contribution in [2.75, 3.05) is 0 Å². The van der Waals surface area contributed by atoms with E-state index in [1.807, 2.05) is 0 Å². The SMILES string of the molecule is C.CCC(CC)CCc1ccccc1. The van der Waals surface area contributed by atoms with Crippen LogP contribution in [-0.4, -0.2) is 0 Å². The van der Waals surface area contributed by atoms with Crippen molar-refractivity contribution in [2.45, 2.75) is 47.0 Å². The highest BCUT2D eigenvalue weighted by molar-refractivity contribution is 5.14. The van der Waals surface area contributed by atoms with Gasteiger partial charge in [0.2, 0.25) is 0 Å². The van der Waals surface area contributed by atoms with Crippen molar-refractivity contribution in [3.8, 4) is 0 Å². The fraction of sp³-hybridized carbons (Fsp3) is 0.571. The van der Waals surface area contributed by atoms with Gasteiger partial charge in [-0.15, -0.1) is 0 Å². The summed E-state index contributed by atoms with van der Waals surface area (Å²) in [4.78, 5) is 0. The Morgan fingerprint density at radius 1 is 1.00 bits per heavy atom. The highest BCUT2D eigenvalue weighted by atomic mass is 14.1. The van der Waals surface area contributed by atoms with Crippen LogP contribution in [0.1, 0.15) is 46.1 Å². The largest absolute Gasteiger partial charge is 0.0776 e. The Labute approximate surface area is 89.4 Å². The molecule has 0 saturated heterocycles. The fourth-order valence-corrected chi connectivity index (χ4v) is 1.71. The first-order valence-electron chi connectivity index (χ1n) is 5.40. The average Bonchev–Trinajstić information content (AvgIpc) is 2.21. The second kappa shape index (κ2) is 7.61. The molecule has 1 aromatic carbocycles. The van der Waals surface area contributed by atoms with E-state index in [0.717, 1.165) is 5.92 Å².